The van der Waals surface area contributed by atoms with Gasteiger partial charge >= 0.3 is 0 Å². The zero-order valence-electron chi connectivity index (χ0n) is 12.6. The fourth-order valence-corrected chi connectivity index (χ4v) is 3.18. The van der Waals surface area contributed by atoms with E-state index in [0.29, 0.717) is 32.6 Å². The summed E-state index contributed by atoms with van der Waals surface area (Å²) in [7, 11) is 0. The molecule has 0 fully saturated rings. The predicted molar refractivity (Wildman–Crippen MR) is 101 cm³/mol. The van der Waals surface area contributed by atoms with Gasteiger partial charge in [0.05, 0.1) is 15.7 Å². The van der Waals surface area contributed by atoms with E-state index in [0.717, 1.165) is 10.2 Å². The fourth-order valence-electron chi connectivity index (χ4n) is 2.21. The Bertz CT molecular complexity index is 956. The number of benzene rings is 2. The minimum atomic E-state index is -0.389. The normalized spacial score (nSPS) is 10.7. The van der Waals surface area contributed by atoms with E-state index in [1.807, 2.05) is 0 Å². The summed E-state index contributed by atoms with van der Waals surface area (Å²) >= 11 is 15.6. The SMILES string of the molecule is O=c1cc(NCc2ccc(F)cc2)c(Br)nn1-c1c(Cl)cccc1Cl. The molecule has 3 rings (SSSR count). The van der Waals surface area contributed by atoms with E-state index in [9.17, 15) is 9.18 Å². The zero-order chi connectivity index (χ0) is 18.0. The molecule has 1 N–H and O–H groups in total. The van der Waals surface area contributed by atoms with Crippen LogP contribution in [-0.2, 0) is 6.54 Å². The average molecular weight is 443 g/mol. The quantitative estimate of drug-likeness (QED) is 0.614. The molecule has 0 unspecified atom stereocenters. The van der Waals surface area contributed by atoms with Gasteiger partial charge in [0.25, 0.3) is 5.56 Å². The summed E-state index contributed by atoms with van der Waals surface area (Å²) in [5.74, 6) is -0.300. The number of anilines is 1. The van der Waals surface area contributed by atoms with Gasteiger partial charge in [0.2, 0.25) is 0 Å². The van der Waals surface area contributed by atoms with Gasteiger partial charge in [-0.2, -0.15) is 9.78 Å². The lowest BCUT2D eigenvalue weighted by molar-refractivity contribution is 0.627. The van der Waals surface area contributed by atoms with E-state index in [1.54, 1.807) is 30.3 Å². The third-order valence-corrected chi connectivity index (χ3v) is 4.63. The highest BCUT2D eigenvalue weighted by atomic mass is 79.9. The van der Waals surface area contributed by atoms with Crippen molar-refractivity contribution >= 4 is 44.8 Å². The minimum Gasteiger partial charge on any atom is -0.379 e. The van der Waals surface area contributed by atoms with Crippen LogP contribution in [0.2, 0.25) is 10.0 Å². The molecule has 8 heteroatoms. The van der Waals surface area contributed by atoms with Crippen LogP contribution in [0.25, 0.3) is 5.69 Å². The Balaban J connectivity index is 1.90. The molecule has 0 bridgehead atoms. The summed E-state index contributed by atoms with van der Waals surface area (Å²) in [6.07, 6.45) is 0. The van der Waals surface area contributed by atoms with Crippen molar-refractivity contribution in [2.45, 2.75) is 6.54 Å². The number of aromatic nitrogens is 2. The van der Waals surface area contributed by atoms with Crippen LogP contribution < -0.4 is 10.9 Å². The van der Waals surface area contributed by atoms with Gasteiger partial charge in [0.1, 0.15) is 16.1 Å². The minimum absolute atomic E-state index is 0.300. The van der Waals surface area contributed by atoms with E-state index >= 15 is 0 Å². The first-order chi connectivity index (χ1) is 12.0. The van der Waals surface area contributed by atoms with Crippen molar-refractivity contribution < 1.29 is 4.39 Å². The number of hydrogen-bond acceptors (Lipinski definition) is 3. The summed E-state index contributed by atoms with van der Waals surface area (Å²) in [4.78, 5) is 12.4. The second-order valence-electron chi connectivity index (χ2n) is 5.15. The van der Waals surface area contributed by atoms with Gasteiger partial charge in [-0.15, -0.1) is 0 Å². The Morgan fingerprint density at radius 3 is 2.40 bits per heavy atom. The van der Waals surface area contributed by atoms with E-state index in [2.05, 4.69) is 26.3 Å². The van der Waals surface area contributed by atoms with E-state index in [1.165, 1.54) is 18.2 Å². The van der Waals surface area contributed by atoms with Crippen molar-refractivity contribution in [2.75, 3.05) is 5.32 Å². The number of hydrogen-bond donors (Lipinski definition) is 1. The summed E-state index contributed by atoms with van der Waals surface area (Å²) in [5, 5.41) is 7.95. The summed E-state index contributed by atoms with van der Waals surface area (Å²) in [6.45, 7) is 0.414. The highest BCUT2D eigenvalue weighted by Crippen LogP contribution is 2.28. The Hall–Kier alpha value is -1.89. The third kappa shape index (κ3) is 4.03. The Morgan fingerprint density at radius 2 is 1.76 bits per heavy atom. The lowest BCUT2D eigenvalue weighted by Crippen LogP contribution is -2.22. The van der Waals surface area contributed by atoms with Crippen LogP contribution in [0, 0.1) is 5.82 Å². The Morgan fingerprint density at radius 1 is 1.12 bits per heavy atom. The summed E-state index contributed by atoms with van der Waals surface area (Å²) < 4.78 is 14.5. The van der Waals surface area contributed by atoms with E-state index < -0.39 is 0 Å². The topological polar surface area (TPSA) is 46.9 Å². The molecular formula is C17H11BrCl2FN3O. The first kappa shape index (κ1) is 17.9. The van der Waals surface area contributed by atoms with Gasteiger partial charge in [0, 0.05) is 12.6 Å². The van der Waals surface area contributed by atoms with Crippen molar-refractivity contribution in [3.05, 3.63) is 84.9 Å². The van der Waals surface area contributed by atoms with Gasteiger partial charge in [-0.25, -0.2) is 4.39 Å². The van der Waals surface area contributed by atoms with Crippen LogP contribution in [0.4, 0.5) is 10.1 Å². The molecule has 1 heterocycles. The maximum Gasteiger partial charge on any atom is 0.273 e. The van der Waals surface area contributed by atoms with Crippen molar-refractivity contribution in [2.24, 2.45) is 0 Å². The van der Waals surface area contributed by atoms with Gasteiger partial charge < -0.3 is 5.32 Å². The Kier molecular flexibility index (Phi) is 5.42. The monoisotopic (exact) mass is 441 g/mol. The van der Waals surface area contributed by atoms with Crippen molar-refractivity contribution in [3.63, 3.8) is 0 Å². The molecule has 3 aromatic rings. The van der Waals surface area contributed by atoms with Gasteiger partial charge in [0.15, 0.2) is 0 Å². The molecule has 0 radical (unpaired) electrons. The molecule has 0 aliphatic carbocycles. The molecule has 0 amide bonds. The van der Waals surface area contributed by atoms with Crippen molar-refractivity contribution in [1.82, 2.24) is 9.78 Å². The number of rotatable bonds is 4. The van der Waals surface area contributed by atoms with E-state index in [-0.39, 0.29) is 11.4 Å². The Labute approximate surface area is 161 Å². The summed E-state index contributed by atoms with van der Waals surface area (Å²) in [5.41, 5.74) is 1.31. The van der Waals surface area contributed by atoms with Crippen LogP contribution >= 0.6 is 39.1 Å². The number of nitrogens with one attached hydrogen (secondary N) is 1. The standard InChI is InChI=1S/C17H11BrCl2FN3O/c18-17-14(22-9-10-4-6-11(21)7-5-10)8-15(25)24(23-17)16-12(19)2-1-3-13(16)20/h1-8,22H,9H2. The first-order valence-corrected chi connectivity index (χ1v) is 8.73. The lowest BCUT2D eigenvalue weighted by atomic mass is 10.2. The van der Waals surface area contributed by atoms with Crippen LogP contribution in [-0.4, -0.2) is 9.78 Å². The largest absolute Gasteiger partial charge is 0.379 e. The van der Waals surface area contributed by atoms with Crippen molar-refractivity contribution in [1.29, 1.82) is 0 Å². The predicted octanol–water partition coefficient (Wildman–Crippen LogP) is 5.05. The van der Waals surface area contributed by atoms with Gasteiger partial charge in [-0.05, 0) is 45.8 Å². The molecular weight excluding hydrogens is 432 g/mol. The zero-order valence-corrected chi connectivity index (χ0v) is 15.7. The van der Waals surface area contributed by atoms with Gasteiger partial charge in [-0.1, -0.05) is 41.4 Å². The number of para-hydroxylation sites is 1. The second kappa shape index (κ2) is 7.56. The molecule has 2 aromatic carbocycles. The highest BCUT2D eigenvalue weighted by molar-refractivity contribution is 9.10. The maximum atomic E-state index is 12.9. The molecule has 0 aliphatic rings. The second-order valence-corrected chi connectivity index (χ2v) is 6.71. The van der Waals surface area contributed by atoms with Crippen LogP contribution in [0.1, 0.15) is 5.56 Å². The van der Waals surface area contributed by atoms with E-state index in [4.69, 9.17) is 23.2 Å². The molecule has 128 valence electrons. The smallest absolute Gasteiger partial charge is 0.273 e. The molecule has 1 aromatic heterocycles. The lowest BCUT2D eigenvalue weighted by Gasteiger charge is -2.12. The molecule has 0 aliphatic heterocycles. The van der Waals surface area contributed by atoms with Crippen LogP contribution in [0.3, 0.4) is 0 Å². The summed E-state index contributed by atoms with van der Waals surface area (Å²) in [6, 6.07) is 12.4. The van der Waals surface area contributed by atoms with Crippen LogP contribution in [0.15, 0.2) is 57.9 Å². The molecule has 4 nitrogen and oxygen atoms in total. The molecule has 0 spiro atoms. The highest BCUT2D eigenvalue weighted by Gasteiger charge is 2.13. The maximum absolute atomic E-state index is 12.9. The van der Waals surface area contributed by atoms with Crippen molar-refractivity contribution in [3.8, 4) is 5.69 Å². The molecule has 0 saturated carbocycles. The molecule has 0 atom stereocenters. The fraction of sp³-hybridized carbons (Fsp3) is 0.0588. The number of halogens is 4. The number of nitrogens with zero attached hydrogens (tertiary/aromatic N) is 2. The molecule has 0 saturated heterocycles. The van der Waals surface area contributed by atoms with Gasteiger partial charge in [-0.3, -0.25) is 4.79 Å². The third-order valence-electron chi connectivity index (χ3n) is 3.43. The molecule has 25 heavy (non-hydrogen) atoms. The average Bonchev–Trinajstić information content (AvgIpc) is 2.57. The first-order valence-electron chi connectivity index (χ1n) is 7.18. The van der Waals surface area contributed by atoms with Crippen LogP contribution in [0.5, 0.6) is 0 Å².